The fraction of sp³-hybridized carbons (Fsp3) is 0.125. The Morgan fingerprint density at radius 3 is 2.68 bits per heavy atom. The Labute approximate surface area is 138 Å². The summed E-state index contributed by atoms with van der Waals surface area (Å²) >= 11 is 7.69. The number of hydrogen-bond acceptors (Lipinski definition) is 4. The van der Waals surface area contributed by atoms with Crippen molar-refractivity contribution in [3.63, 3.8) is 0 Å². The molecule has 22 heavy (non-hydrogen) atoms. The number of hydrazone groups is 1. The Morgan fingerprint density at radius 2 is 1.95 bits per heavy atom. The summed E-state index contributed by atoms with van der Waals surface area (Å²) in [6.45, 7) is 0. The summed E-state index contributed by atoms with van der Waals surface area (Å²) in [7, 11) is 1.66. The maximum atomic E-state index is 6.11. The molecule has 0 aromatic heterocycles. The summed E-state index contributed by atoms with van der Waals surface area (Å²) in [5.74, 6) is 1.53. The molecule has 6 heteroatoms. The topological polar surface area (TPSA) is 46.0 Å². The second-order valence-corrected chi connectivity index (χ2v) is 5.90. The molecule has 0 spiro atoms. The fourth-order valence-corrected chi connectivity index (χ4v) is 2.99. The highest BCUT2D eigenvalue weighted by atomic mass is 35.5. The zero-order valence-corrected chi connectivity index (χ0v) is 13.5. The normalized spacial score (nSPS) is 16.1. The number of halogens is 1. The number of para-hydroxylation sites is 2. The molecule has 0 saturated carbocycles. The van der Waals surface area contributed by atoms with Crippen LogP contribution in [0.4, 0.5) is 5.69 Å². The van der Waals surface area contributed by atoms with E-state index in [2.05, 4.69) is 15.5 Å². The van der Waals surface area contributed by atoms with E-state index in [0.717, 1.165) is 33.6 Å². The van der Waals surface area contributed by atoms with Crippen LogP contribution < -0.4 is 10.2 Å². The number of amidine groups is 1. The summed E-state index contributed by atoms with van der Waals surface area (Å²) < 4.78 is 5.37. The van der Waals surface area contributed by atoms with Crippen molar-refractivity contribution in [1.82, 2.24) is 5.43 Å². The number of ether oxygens (including phenoxy) is 1. The maximum absolute atomic E-state index is 6.11. The Kier molecular flexibility index (Phi) is 4.65. The molecule has 2 aromatic carbocycles. The van der Waals surface area contributed by atoms with Crippen LogP contribution in [-0.2, 0) is 0 Å². The molecular formula is C16H14ClN3OS. The van der Waals surface area contributed by atoms with E-state index in [9.17, 15) is 0 Å². The van der Waals surface area contributed by atoms with Crippen molar-refractivity contribution in [2.75, 3.05) is 12.9 Å². The largest absolute Gasteiger partial charge is 0.496 e. The third kappa shape index (κ3) is 3.26. The molecule has 0 unspecified atom stereocenters. The van der Waals surface area contributed by atoms with Gasteiger partial charge >= 0.3 is 0 Å². The molecule has 4 nitrogen and oxygen atoms in total. The third-order valence-corrected chi connectivity index (χ3v) is 4.32. The lowest BCUT2D eigenvalue weighted by Gasteiger charge is -2.16. The van der Waals surface area contributed by atoms with Gasteiger partial charge in [0.25, 0.3) is 0 Å². The predicted molar refractivity (Wildman–Crippen MR) is 93.7 cm³/mol. The van der Waals surface area contributed by atoms with Crippen LogP contribution in [-0.4, -0.2) is 23.7 Å². The number of nitrogens with zero attached hydrogens (tertiary/aromatic N) is 2. The zero-order chi connectivity index (χ0) is 15.4. The monoisotopic (exact) mass is 331 g/mol. The van der Waals surface area contributed by atoms with Crippen molar-refractivity contribution >= 4 is 39.9 Å². The highest BCUT2D eigenvalue weighted by Gasteiger charge is 2.16. The second-order valence-electron chi connectivity index (χ2n) is 4.53. The number of benzene rings is 2. The van der Waals surface area contributed by atoms with Gasteiger partial charge in [0.15, 0.2) is 5.17 Å². The minimum Gasteiger partial charge on any atom is -0.496 e. The lowest BCUT2D eigenvalue weighted by Crippen LogP contribution is -2.25. The van der Waals surface area contributed by atoms with E-state index >= 15 is 0 Å². The molecule has 2 aromatic rings. The molecule has 0 atom stereocenters. The van der Waals surface area contributed by atoms with Crippen molar-refractivity contribution in [1.29, 1.82) is 0 Å². The molecule has 112 valence electrons. The van der Waals surface area contributed by atoms with E-state index in [4.69, 9.17) is 16.3 Å². The highest BCUT2D eigenvalue weighted by Crippen LogP contribution is 2.27. The molecule has 1 heterocycles. The van der Waals surface area contributed by atoms with Crippen molar-refractivity contribution in [2.24, 2.45) is 10.1 Å². The van der Waals surface area contributed by atoms with Crippen LogP contribution in [0.5, 0.6) is 5.75 Å². The van der Waals surface area contributed by atoms with Gasteiger partial charge in [-0.15, -0.1) is 0 Å². The molecule has 1 N–H and O–H groups in total. The number of nitrogens with one attached hydrogen (secondary N) is 1. The van der Waals surface area contributed by atoms with Gasteiger partial charge in [0, 0.05) is 11.3 Å². The van der Waals surface area contributed by atoms with E-state index in [1.54, 1.807) is 18.9 Å². The summed E-state index contributed by atoms with van der Waals surface area (Å²) in [6.07, 6.45) is 0. The van der Waals surface area contributed by atoms with Crippen LogP contribution >= 0.6 is 23.4 Å². The second kappa shape index (κ2) is 6.85. The Bertz CT molecular complexity index is 746. The standard InChI is InChI=1S/C16H14ClN3OS/c1-21-15-9-5-2-6-11(15)14-10-22-16(20-19-14)18-13-8-4-3-7-12(13)17/h2-9H,10H2,1H3,(H,18,20). The Hall–Kier alpha value is -1.98. The van der Waals surface area contributed by atoms with Crippen LogP contribution in [0.15, 0.2) is 58.6 Å². The molecule has 0 fully saturated rings. The molecular weight excluding hydrogens is 318 g/mol. The van der Waals surface area contributed by atoms with Gasteiger partial charge in [-0.1, -0.05) is 47.6 Å². The maximum Gasteiger partial charge on any atom is 0.182 e. The first-order chi connectivity index (χ1) is 10.8. The van der Waals surface area contributed by atoms with Gasteiger partial charge in [0.05, 0.1) is 23.5 Å². The Balaban J connectivity index is 1.82. The van der Waals surface area contributed by atoms with Crippen molar-refractivity contribution < 1.29 is 4.74 Å². The van der Waals surface area contributed by atoms with E-state index in [1.807, 2.05) is 48.5 Å². The van der Waals surface area contributed by atoms with Gasteiger partial charge in [-0.05, 0) is 24.3 Å². The van der Waals surface area contributed by atoms with Gasteiger partial charge in [0.1, 0.15) is 5.75 Å². The Morgan fingerprint density at radius 1 is 1.18 bits per heavy atom. The van der Waals surface area contributed by atoms with Crippen LogP contribution in [0.1, 0.15) is 5.56 Å². The number of aliphatic imine (C=N–C) groups is 1. The van der Waals surface area contributed by atoms with Gasteiger partial charge in [0.2, 0.25) is 0 Å². The molecule has 0 bridgehead atoms. The van der Waals surface area contributed by atoms with Gasteiger partial charge < -0.3 is 4.74 Å². The number of methoxy groups -OCH3 is 1. The van der Waals surface area contributed by atoms with E-state index in [1.165, 1.54) is 0 Å². The van der Waals surface area contributed by atoms with Crippen LogP contribution in [0.25, 0.3) is 0 Å². The fourth-order valence-electron chi connectivity index (χ4n) is 2.05. The SMILES string of the molecule is COc1ccccc1C1=NNC(=Nc2ccccc2Cl)SC1. The van der Waals surface area contributed by atoms with E-state index < -0.39 is 0 Å². The van der Waals surface area contributed by atoms with Crippen LogP contribution in [0, 0.1) is 0 Å². The summed E-state index contributed by atoms with van der Waals surface area (Å²) in [6, 6.07) is 15.3. The van der Waals surface area contributed by atoms with Crippen LogP contribution in [0.3, 0.4) is 0 Å². The first-order valence-electron chi connectivity index (χ1n) is 6.70. The number of rotatable bonds is 3. The van der Waals surface area contributed by atoms with E-state index in [-0.39, 0.29) is 0 Å². The lowest BCUT2D eigenvalue weighted by molar-refractivity contribution is 0.414. The van der Waals surface area contributed by atoms with E-state index in [0.29, 0.717) is 5.02 Å². The molecule has 0 saturated heterocycles. The highest BCUT2D eigenvalue weighted by molar-refractivity contribution is 8.14. The van der Waals surface area contributed by atoms with Gasteiger partial charge in [-0.3, -0.25) is 5.43 Å². The minimum atomic E-state index is 0.622. The summed E-state index contributed by atoms with van der Waals surface area (Å²) in [5.41, 5.74) is 5.63. The van der Waals surface area contributed by atoms with Gasteiger partial charge in [-0.25, -0.2) is 4.99 Å². The first-order valence-corrected chi connectivity index (χ1v) is 8.06. The number of thioether (sulfide) groups is 1. The average molecular weight is 332 g/mol. The molecule has 3 rings (SSSR count). The summed E-state index contributed by atoms with van der Waals surface area (Å²) in [5, 5.41) is 5.76. The van der Waals surface area contributed by atoms with Crippen molar-refractivity contribution in [2.45, 2.75) is 0 Å². The van der Waals surface area contributed by atoms with Crippen molar-refractivity contribution in [3.05, 3.63) is 59.1 Å². The minimum absolute atomic E-state index is 0.622. The average Bonchev–Trinajstić information content (AvgIpc) is 2.58. The van der Waals surface area contributed by atoms with Crippen molar-refractivity contribution in [3.8, 4) is 5.75 Å². The smallest absolute Gasteiger partial charge is 0.182 e. The predicted octanol–water partition coefficient (Wildman–Crippen LogP) is 4.08. The number of hydrogen-bond donors (Lipinski definition) is 1. The first kappa shape index (κ1) is 14.9. The molecule has 0 amide bonds. The summed E-state index contributed by atoms with van der Waals surface area (Å²) in [4.78, 5) is 4.49. The molecule has 0 aliphatic carbocycles. The third-order valence-electron chi connectivity index (χ3n) is 3.12. The molecule has 0 radical (unpaired) electrons. The van der Waals surface area contributed by atoms with Gasteiger partial charge in [-0.2, -0.15) is 5.10 Å². The quantitative estimate of drug-likeness (QED) is 0.922. The molecule has 1 aliphatic heterocycles. The lowest BCUT2D eigenvalue weighted by atomic mass is 10.1. The zero-order valence-electron chi connectivity index (χ0n) is 11.9. The molecule has 1 aliphatic rings. The van der Waals surface area contributed by atoms with Crippen LogP contribution in [0.2, 0.25) is 5.02 Å².